The molecule has 4 N–H and O–H groups in total. The van der Waals surface area contributed by atoms with Crippen LogP contribution in [0.1, 0.15) is 24.3 Å². The molecule has 0 spiro atoms. The predicted molar refractivity (Wildman–Crippen MR) is 113 cm³/mol. The van der Waals surface area contributed by atoms with Crippen molar-refractivity contribution in [3.8, 4) is 0 Å². The summed E-state index contributed by atoms with van der Waals surface area (Å²) < 4.78 is 35.6. The van der Waals surface area contributed by atoms with Crippen LogP contribution in [0.4, 0.5) is 5.82 Å². The molecule has 0 bridgehead atoms. The van der Waals surface area contributed by atoms with Gasteiger partial charge in [-0.2, -0.15) is 4.98 Å². The molecule has 0 radical (unpaired) electrons. The van der Waals surface area contributed by atoms with Gasteiger partial charge in [0.25, 0.3) is 0 Å². The molecule has 2 fully saturated rings. The molecule has 1 aromatic heterocycles. The first-order chi connectivity index (χ1) is 15.1. The van der Waals surface area contributed by atoms with Gasteiger partial charge in [-0.1, -0.05) is 23.2 Å². The van der Waals surface area contributed by atoms with E-state index in [1.54, 1.807) is 18.2 Å². The van der Waals surface area contributed by atoms with Crippen molar-refractivity contribution in [2.75, 3.05) is 18.9 Å². The van der Waals surface area contributed by atoms with E-state index in [4.69, 9.17) is 47.2 Å². The lowest BCUT2D eigenvalue weighted by Gasteiger charge is -2.30. The molecule has 0 unspecified atom stereocenters. The van der Waals surface area contributed by atoms with Crippen LogP contribution in [-0.2, 0) is 22.9 Å². The van der Waals surface area contributed by atoms with Gasteiger partial charge < -0.3 is 20.7 Å². The number of benzene rings is 1. The summed E-state index contributed by atoms with van der Waals surface area (Å²) in [5.41, 5.74) is 5.30. The second kappa shape index (κ2) is 9.38. The Morgan fingerprint density at radius 3 is 2.66 bits per heavy atom. The van der Waals surface area contributed by atoms with E-state index >= 15 is 0 Å². The Hall–Kier alpha value is -1.53. The molecule has 174 valence electrons. The van der Waals surface area contributed by atoms with Gasteiger partial charge in [0.1, 0.15) is 24.1 Å². The summed E-state index contributed by atoms with van der Waals surface area (Å²) >= 11 is 12.1. The zero-order chi connectivity index (χ0) is 23.0. The molecular formula is C18H20Cl2N3O8P. The number of nitrogens with two attached hydrogens (primary N) is 1. The first kappa shape index (κ1) is 23.6. The molecule has 1 aromatic carbocycles. The molecule has 0 aliphatic carbocycles. The number of aromatic nitrogens is 2. The third-order valence-electron chi connectivity index (χ3n) is 5.00. The normalized spacial score (nSPS) is 32.8. The summed E-state index contributed by atoms with van der Waals surface area (Å²) in [6.45, 7) is -0.357. The van der Waals surface area contributed by atoms with Crippen molar-refractivity contribution in [1.82, 2.24) is 9.55 Å². The SMILES string of the molecule is Nc1ccn([C@@H]2O[C@H](CO[P@]3(=O)OCC[C@H](c4cc(Cl)cc(Cl)c4)O3)[C@@H](O)[C@@H]2O)c(=O)n1. The van der Waals surface area contributed by atoms with Crippen molar-refractivity contribution < 1.29 is 33.1 Å². The number of anilines is 1. The number of phosphoric ester groups is 1. The fourth-order valence-corrected chi connectivity index (χ4v) is 5.38. The summed E-state index contributed by atoms with van der Waals surface area (Å²) in [4.78, 5) is 15.6. The molecule has 0 amide bonds. The van der Waals surface area contributed by atoms with E-state index in [9.17, 15) is 19.6 Å². The number of hydrogen-bond donors (Lipinski definition) is 3. The minimum atomic E-state index is -4.03. The standard InChI is InChI=1S/C18H20Cl2N3O8P/c19-10-5-9(6-11(20)7-10)12-2-4-28-32(27,31-12)29-8-13-15(24)16(25)17(30-13)23-3-1-14(21)22-18(23)26/h1,3,5-7,12-13,15-17,24-25H,2,4,8H2,(H2,21,22,26)/t12-,13-,15-,16+,17-,32+/m1/s1. The number of aliphatic hydroxyl groups is 2. The number of rotatable bonds is 5. The highest BCUT2D eigenvalue weighted by Gasteiger charge is 2.46. The number of phosphoric acid groups is 1. The average Bonchev–Trinajstić information content (AvgIpc) is 3.00. The molecule has 14 heteroatoms. The van der Waals surface area contributed by atoms with Gasteiger partial charge in [0.15, 0.2) is 6.23 Å². The fraction of sp³-hybridized carbons (Fsp3) is 0.444. The van der Waals surface area contributed by atoms with Crippen LogP contribution in [0.3, 0.4) is 0 Å². The largest absolute Gasteiger partial charge is 0.475 e. The molecule has 32 heavy (non-hydrogen) atoms. The van der Waals surface area contributed by atoms with Crippen LogP contribution in [0.2, 0.25) is 10.0 Å². The minimum Gasteiger partial charge on any atom is -0.387 e. The highest BCUT2D eigenvalue weighted by Crippen LogP contribution is 2.57. The summed E-state index contributed by atoms with van der Waals surface area (Å²) in [7, 11) is -4.03. The molecule has 4 rings (SSSR count). The van der Waals surface area contributed by atoms with Crippen LogP contribution in [-0.4, -0.2) is 51.3 Å². The second-order valence-electron chi connectivity index (χ2n) is 7.25. The molecule has 2 saturated heterocycles. The van der Waals surface area contributed by atoms with E-state index in [0.717, 1.165) is 4.57 Å². The van der Waals surface area contributed by atoms with Crippen LogP contribution in [0.5, 0.6) is 0 Å². The Bertz CT molecular complexity index is 1080. The Kier molecular flexibility index (Phi) is 6.92. The van der Waals surface area contributed by atoms with E-state index in [2.05, 4.69) is 4.98 Å². The van der Waals surface area contributed by atoms with Gasteiger partial charge in [-0.25, -0.2) is 9.36 Å². The van der Waals surface area contributed by atoms with E-state index in [1.807, 2.05) is 0 Å². The number of nitrogen functional groups attached to an aromatic ring is 1. The molecule has 3 heterocycles. The zero-order valence-electron chi connectivity index (χ0n) is 16.4. The lowest BCUT2D eigenvalue weighted by Crippen LogP contribution is -2.36. The highest BCUT2D eigenvalue weighted by atomic mass is 35.5. The minimum absolute atomic E-state index is 0.000550. The number of nitrogens with zero attached hydrogens (tertiary/aromatic N) is 2. The van der Waals surface area contributed by atoms with Crippen molar-refractivity contribution in [2.24, 2.45) is 0 Å². The number of aliphatic hydroxyl groups excluding tert-OH is 2. The van der Waals surface area contributed by atoms with Gasteiger partial charge in [0, 0.05) is 22.7 Å². The van der Waals surface area contributed by atoms with Crippen LogP contribution in [0.15, 0.2) is 35.3 Å². The van der Waals surface area contributed by atoms with Crippen molar-refractivity contribution in [3.05, 3.63) is 56.6 Å². The van der Waals surface area contributed by atoms with E-state index in [0.29, 0.717) is 22.0 Å². The maximum Gasteiger partial charge on any atom is 0.475 e. The smallest absolute Gasteiger partial charge is 0.387 e. The van der Waals surface area contributed by atoms with Crippen molar-refractivity contribution in [2.45, 2.75) is 37.1 Å². The lowest BCUT2D eigenvalue weighted by molar-refractivity contribution is -0.0609. The Morgan fingerprint density at radius 1 is 1.25 bits per heavy atom. The Morgan fingerprint density at radius 2 is 1.97 bits per heavy atom. The van der Waals surface area contributed by atoms with Crippen molar-refractivity contribution in [1.29, 1.82) is 0 Å². The van der Waals surface area contributed by atoms with E-state index < -0.39 is 50.8 Å². The van der Waals surface area contributed by atoms with E-state index in [-0.39, 0.29) is 12.4 Å². The molecule has 11 nitrogen and oxygen atoms in total. The first-order valence-electron chi connectivity index (χ1n) is 9.55. The van der Waals surface area contributed by atoms with Gasteiger partial charge in [-0.15, -0.1) is 0 Å². The van der Waals surface area contributed by atoms with Gasteiger partial charge in [-0.3, -0.25) is 18.1 Å². The molecule has 2 aliphatic heterocycles. The highest BCUT2D eigenvalue weighted by molar-refractivity contribution is 7.48. The summed E-state index contributed by atoms with van der Waals surface area (Å²) in [5.74, 6) is -0.000550. The second-order valence-corrected chi connectivity index (χ2v) is 9.74. The maximum atomic E-state index is 13.0. The summed E-state index contributed by atoms with van der Waals surface area (Å²) in [6.07, 6.45) is -4.25. The van der Waals surface area contributed by atoms with Gasteiger partial charge in [0.2, 0.25) is 0 Å². The first-order valence-corrected chi connectivity index (χ1v) is 11.8. The molecule has 2 aliphatic rings. The molecular weight excluding hydrogens is 488 g/mol. The van der Waals surface area contributed by atoms with Gasteiger partial charge >= 0.3 is 13.5 Å². The zero-order valence-corrected chi connectivity index (χ0v) is 18.8. The molecule has 6 atom stereocenters. The Balaban J connectivity index is 1.43. The predicted octanol–water partition coefficient (Wildman–Crippen LogP) is 2.05. The number of halogens is 2. The van der Waals surface area contributed by atoms with Crippen molar-refractivity contribution in [3.63, 3.8) is 0 Å². The fourth-order valence-electron chi connectivity index (χ4n) is 3.45. The topological polar surface area (TPSA) is 155 Å². The number of hydrogen-bond acceptors (Lipinski definition) is 10. The molecule has 0 saturated carbocycles. The summed E-state index contributed by atoms with van der Waals surface area (Å²) in [6, 6.07) is 6.18. The summed E-state index contributed by atoms with van der Waals surface area (Å²) in [5, 5.41) is 21.4. The average molecular weight is 508 g/mol. The number of ether oxygens (including phenoxy) is 1. The van der Waals surface area contributed by atoms with Crippen LogP contribution in [0.25, 0.3) is 0 Å². The van der Waals surface area contributed by atoms with Crippen LogP contribution < -0.4 is 11.4 Å². The third-order valence-corrected chi connectivity index (χ3v) is 6.92. The van der Waals surface area contributed by atoms with Gasteiger partial charge in [-0.05, 0) is 29.8 Å². The maximum absolute atomic E-state index is 13.0. The molecule has 2 aromatic rings. The van der Waals surface area contributed by atoms with Crippen LogP contribution in [0, 0.1) is 0 Å². The van der Waals surface area contributed by atoms with Crippen LogP contribution >= 0.6 is 31.0 Å². The monoisotopic (exact) mass is 507 g/mol. The quantitative estimate of drug-likeness (QED) is 0.511. The van der Waals surface area contributed by atoms with Crippen molar-refractivity contribution >= 4 is 36.8 Å². The van der Waals surface area contributed by atoms with Gasteiger partial charge in [0.05, 0.1) is 19.3 Å². The Labute approximate surface area is 192 Å². The lowest BCUT2D eigenvalue weighted by atomic mass is 10.1. The third kappa shape index (κ3) is 5.01. The van der Waals surface area contributed by atoms with E-state index in [1.165, 1.54) is 12.3 Å².